The maximum Gasteiger partial charge on any atom is 0.339 e. The van der Waals surface area contributed by atoms with E-state index in [1.165, 1.54) is 18.2 Å². The van der Waals surface area contributed by atoms with Gasteiger partial charge in [-0.1, -0.05) is 17.7 Å². The number of halogens is 3. The van der Waals surface area contributed by atoms with Gasteiger partial charge in [0.1, 0.15) is 12.4 Å². The molecule has 0 aliphatic heterocycles. The van der Waals surface area contributed by atoms with Gasteiger partial charge in [-0.15, -0.1) is 0 Å². The van der Waals surface area contributed by atoms with E-state index in [-0.39, 0.29) is 6.61 Å². The molecule has 0 saturated heterocycles. The van der Waals surface area contributed by atoms with Crippen LogP contribution in [0.25, 0.3) is 0 Å². The van der Waals surface area contributed by atoms with Crippen LogP contribution in [0, 0.1) is 5.82 Å². The van der Waals surface area contributed by atoms with Crippen LogP contribution in [0.3, 0.4) is 0 Å². The van der Waals surface area contributed by atoms with E-state index >= 15 is 0 Å². The zero-order valence-electron chi connectivity index (χ0n) is 10.2. The van der Waals surface area contributed by atoms with E-state index in [2.05, 4.69) is 15.9 Å². The number of hydrogen-bond donors (Lipinski definition) is 1. The average molecular weight is 359 g/mol. The summed E-state index contributed by atoms with van der Waals surface area (Å²) in [7, 11) is 0. The lowest BCUT2D eigenvalue weighted by Crippen LogP contribution is -2.07. The summed E-state index contributed by atoms with van der Waals surface area (Å²) in [5, 5.41) is 0.339. The minimum absolute atomic E-state index is 0.114. The Morgan fingerprint density at radius 2 is 2.10 bits per heavy atom. The highest BCUT2D eigenvalue weighted by Gasteiger charge is 2.14. The molecule has 6 heteroatoms. The van der Waals surface area contributed by atoms with E-state index < -0.39 is 11.8 Å². The van der Waals surface area contributed by atoms with Crippen molar-refractivity contribution in [3.8, 4) is 0 Å². The highest BCUT2D eigenvalue weighted by atomic mass is 79.9. The van der Waals surface area contributed by atoms with Gasteiger partial charge in [0, 0.05) is 16.3 Å². The molecule has 0 amide bonds. The van der Waals surface area contributed by atoms with Gasteiger partial charge in [0.05, 0.1) is 10.0 Å². The Balaban J connectivity index is 2.13. The van der Waals surface area contributed by atoms with Crippen molar-refractivity contribution in [3.05, 3.63) is 62.8 Å². The molecule has 2 rings (SSSR count). The van der Waals surface area contributed by atoms with Crippen LogP contribution < -0.4 is 5.73 Å². The second-order valence-corrected chi connectivity index (χ2v) is 5.22. The molecule has 0 heterocycles. The summed E-state index contributed by atoms with van der Waals surface area (Å²) in [5.41, 5.74) is 6.82. The van der Waals surface area contributed by atoms with Crippen molar-refractivity contribution in [2.45, 2.75) is 6.61 Å². The van der Waals surface area contributed by atoms with Gasteiger partial charge in [-0.2, -0.15) is 0 Å². The van der Waals surface area contributed by atoms with Gasteiger partial charge in [0.25, 0.3) is 0 Å². The zero-order valence-corrected chi connectivity index (χ0v) is 12.5. The molecule has 2 aromatic carbocycles. The first-order valence-electron chi connectivity index (χ1n) is 5.64. The number of nitrogen functional groups attached to an aromatic ring is 1. The molecule has 0 fully saturated rings. The first-order chi connectivity index (χ1) is 9.49. The molecule has 0 unspecified atom stereocenters. The summed E-state index contributed by atoms with van der Waals surface area (Å²) in [5.74, 6) is -1.00. The number of rotatable bonds is 3. The van der Waals surface area contributed by atoms with Crippen molar-refractivity contribution in [3.63, 3.8) is 0 Å². The topological polar surface area (TPSA) is 52.3 Å². The number of nitrogens with two attached hydrogens (primary N) is 1. The van der Waals surface area contributed by atoms with E-state index in [4.69, 9.17) is 22.1 Å². The van der Waals surface area contributed by atoms with E-state index in [9.17, 15) is 9.18 Å². The zero-order chi connectivity index (χ0) is 14.7. The number of carbonyl (C=O) groups is 1. The van der Waals surface area contributed by atoms with E-state index in [1.54, 1.807) is 18.2 Å². The van der Waals surface area contributed by atoms with Gasteiger partial charge in [0.15, 0.2) is 0 Å². The molecule has 2 N–H and O–H groups in total. The van der Waals surface area contributed by atoms with Crippen molar-refractivity contribution in [2.75, 3.05) is 5.73 Å². The predicted molar refractivity (Wildman–Crippen MR) is 79.1 cm³/mol. The maximum atomic E-state index is 13.1. The molecule has 0 atom stereocenters. The largest absolute Gasteiger partial charge is 0.457 e. The second kappa shape index (κ2) is 6.24. The summed E-state index contributed by atoms with van der Waals surface area (Å²) < 4.78 is 18.7. The van der Waals surface area contributed by atoms with Gasteiger partial charge in [-0.3, -0.25) is 0 Å². The van der Waals surface area contributed by atoms with Crippen LogP contribution in [-0.4, -0.2) is 5.97 Å². The molecule has 0 aliphatic rings. The monoisotopic (exact) mass is 357 g/mol. The summed E-state index contributed by atoms with van der Waals surface area (Å²) >= 11 is 9.12. The van der Waals surface area contributed by atoms with Gasteiger partial charge in [-0.25, -0.2) is 9.18 Å². The lowest BCUT2D eigenvalue weighted by atomic mass is 10.2. The number of esters is 1. The fraction of sp³-hybridized carbons (Fsp3) is 0.0714. The molecular formula is C14H10BrClFNO2. The molecule has 20 heavy (non-hydrogen) atoms. The van der Waals surface area contributed by atoms with Gasteiger partial charge in [0.2, 0.25) is 0 Å². The minimum Gasteiger partial charge on any atom is -0.457 e. The summed E-state index contributed by atoms with van der Waals surface area (Å²) in [6, 6.07) is 8.76. The molecule has 0 bridgehead atoms. The number of ether oxygens (including phenoxy) is 1. The minimum atomic E-state index is -0.565. The van der Waals surface area contributed by atoms with Crippen LogP contribution in [0.5, 0.6) is 0 Å². The van der Waals surface area contributed by atoms with E-state index in [0.29, 0.717) is 26.3 Å². The third kappa shape index (κ3) is 3.29. The Bertz CT molecular complexity index is 664. The Labute approximate surface area is 128 Å². The highest BCUT2D eigenvalue weighted by molar-refractivity contribution is 9.10. The van der Waals surface area contributed by atoms with Gasteiger partial charge < -0.3 is 10.5 Å². The summed E-state index contributed by atoms with van der Waals surface area (Å²) in [6.45, 7) is -0.114. The fourth-order valence-corrected chi connectivity index (χ4v) is 2.18. The van der Waals surface area contributed by atoms with Crippen LogP contribution in [0.2, 0.25) is 5.02 Å². The fourth-order valence-electron chi connectivity index (χ4n) is 1.58. The summed E-state index contributed by atoms with van der Waals surface area (Å²) in [6.07, 6.45) is 0. The average Bonchev–Trinajstić information content (AvgIpc) is 2.42. The van der Waals surface area contributed by atoms with Crippen molar-refractivity contribution >= 4 is 39.2 Å². The predicted octanol–water partition coefficient (Wildman–Crippen LogP) is 4.18. The van der Waals surface area contributed by atoms with Crippen LogP contribution in [0.15, 0.2) is 40.9 Å². The van der Waals surface area contributed by atoms with Gasteiger partial charge in [-0.05, 0) is 46.3 Å². The molecule has 0 aliphatic carbocycles. The maximum absolute atomic E-state index is 13.1. The lowest BCUT2D eigenvalue weighted by molar-refractivity contribution is 0.0471. The molecule has 0 radical (unpaired) electrons. The standard InChI is InChI=1S/C14H10BrClFNO2/c15-13-10(2-1-3-12(13)18)14(19)20-7-8-6-9(17)4-5-11(8)16/h1-6H,7,18H2. The van der Waals surface area contributed by atoms with Crippen LogP contribution >= 0.6 is 27.5 Å². The van der Waals surface area contributed by atoms with E-state index in [1.807, 2.05) is 0 Å². The third-order valence-corrected chi connectivity index (χ3v) is 3.87. The summed E-state index contributed by atoms with van der Waals surface area (Å²) in [4.78, 5) is 11.9. The Kier molecular flexibility index (Phi) is 4.62. The van der Waals surface area contributed by atoms with Crippen LogP contribution in [-0.2, 0) is 11.3 Å². The smallest absolute Gasteiger partial charge is 0.339 e. The quantitative estimate of drug-likeness (QED) is 0.661. The first-order valence-corrected chi connectivity index (χ1v) is 6.81. The number of anilines is 1. The van der Waals surface area contributed by atoms with Crippen molar-refractivity contribution in [1.29, 1.82) is 0 Å². The second-order valence-electron chi connectivity index (χ2n) is 4.02. The normalized spacial score (nSPS) is 10.3. The first kappa shape index (κ1) is 14.8. The molecular weight excluding hydrogens is 349 g/mol. The number of hydrogen-bond acceptors (Lipinski definition) is 3. The Hall–Kier alpha value is -1.59. The van der Waals surface area contributed by atoms with Crippen LogP contribution in [0.1, 0.15) is 15.9 Å². The SMILES string of the molecule is Nc1cccc(C(=O)OCc2cc(F)ccc2Cl)c1Br. The van der Waals surface area contributed by atoms with Crippen LogP contribution in [0.4, 0.5) is 10.1 Å². The molecule has 104 valence electrons. The molecule has 0 saturated carbocycles. The Morgan fingerprint density at radius 3 is 2.85 bits per heavy atom. The molecule has 2 aromatic rings. The molecule has 3 nitrogen and oxygen atoms in total. The van der Waals surface area contributed by atoms with Crippen molar-refractivity contribution < 1.29 is 13.9 Å². The Morgan fingerprint density at radius 1 is 1.35 bits per heavy atom. The highest BCUT2D eigenvalue weighted by Crippen LogP contribution is 2.25. The molecule has 0 aromatic heterocycles. The van der Waals surface area contributed by atoms with Gasteiger partial charge >= 0.3 is 5.97 Å². The van der Waals surface area contributed by atoms with E-state index in [0.717, 1.165) is 0 Å². The number of carbonyl (C=O) groups excluding carboxylic acids is 1. The number of benzene rings is 2. The third-order valence-electron chi connectivity index (χ3n) is 2.62. The lowest BCUT2D eigenvalue weighted by Gasteiger charge is -2.09. The molecule has 0 spiro atoms. The van der Waals surface area contributed by atoms with Crippen molar-refractivity contribution in [2.24, 2.45) is 0 Å². The van der Waals surface area contributed by atoms with Crippen molar-refractivity contribution in [1.82, 2.24) is 0 Å².